The van der Waals surface area contributed by atoms with Crippen molar-refractivity contribution >= 4 is 28.6 Å². The highest BCUT2D eigenvalue weighted by atomic mass is 79.9. The third-order valence-corrected chi connectivity index (χ3v) is 2.40. The van der Waals surface area contributed by atoms with Crippen LogP contribution in [0.3, 0.4) is 0 Å². The lowest BCUT2D eigenvalue weighted by Gasteiger charge is -2.08. The number of hydrogen-bond acceptors (Lipinski definition) is 3. The number of phenols is 1. The molecule has 0 aromatic heterocycles. The molecule has 1 aromatic rings. The summed E-state index contributed by atoms with van der Waals surface area (Å²) in [6.07, 6.45) is 0.727. The molecule has 0 radical (unpaired) electrons. The number of ether oxygens (including phenoxy) is 1. The molecule has 4 heteroatoms. The van der Waals surface area contributed by atoms with Gasteiger partial charge in [0.1, 0.15) is 0 Å². The molecule has 0 bridgehead atoms. The molecule has 0 aliphatic rings. The molecule has 2 nitrogen and oxygen atoms in total. The summed E-state index contributed by atoms with van der Waals surface area (Å²) in [5.74, 6) is 1.40. The molecule has 0 aliphatic heterocycles. The van der Waals surface area contributed by atoms with E-state index in [2.05, 4.69) is 28.6 Å². The van der Waals surface area contributed by atoms with Crippen LogP contribution in [0.1, 0.15) is 5.56 Å². The quantitative estimate of drug-likeness (QED) is 0.821. The molecule has 0 heterocycles. The van der Waals surface area contributed by atoms with Crippen LogP contribution in [0.5, 0.6) is 11.5 Å². The number of methoxy groups -OCH3 is 1. The minimum atomic E-state index is 0.208. The lowest BCUT2D eigenvalue weighted by Crippen LogP contribution is -1.91. The van der Waals surface area contributed by atoms with Crippen molar-refractivity contribution in [2.75, 3.05) is 12.9 Å². The normalized spacial score (nSPS) is 10.1. The van der Waals surface area contributed by atoms with E-state index in [0.29, 0.717) is 11.5 Å². The van der Waals surface area contributed by atoms with Gasteiger partial charge in [-0.05, 0) is 29.9 Å². The molecule has 0 saturated carbocycles. The van der Waals surface area contributed by atoms with Crippen LogP contribution in [0.25, 0.3) is 0 Å². The molecule has 1 aromatic carbocycles. The Morgan fingerprint density at radius 1 is 1.54 bits per heavy atom. The van der Waals surface area contributed by atoms with Crippen molar-refractivity contribution in [2.24, 2.45) is 0 Å². The van der Waals surface area contributed by atoms with E-state index >= 15 is 0 Å². The second-order valence-electron chi connectivity index (χ2n) is 2.59. The van der Waals surface area contributed by atoms with Crippen molar-refractivity contribution in [1.29, 1.82) is 0 Å². The summed E-state index contributed by atoms with van der Waals surface area (Å²) >= 11 is 7.45. The molecule has 0 unspecified atom stereocenters. The van der Waals surface area contributed by atoms with Gasteiger partial charge in [-0.25, -0.2) is 0 Å². The second-order valence-corrected chi connectivity index (χ2v) is 3.95. The van der Waals surface area contributed by atoms with E-state index in [1.807, 2.05) is 6.07 Å². The molecular formula is C9H11BrO2S. The van der Waals surface area contributed by atoms with Gasteiger partial charge in [-0.15, -0.1) is 0 Å². The Hall–Kier alpha value is -0.350. The third-order valence-electron chi connectivity index (χ3n) is 1.72. The molecule has 0 fully saturated rings. The smallest absolute Gasteiger partial charge is 0.161 e. The highest BCUT2D eigenvalue weighted by Crippen LogP contribution is 2.33. The van der Waals surface area contributed by atoms with Crippen molar-refractivity contribution in [3.8, 4) is 11.5 Å². The fourth-order valence-corrected chi connectivity index (χ4v) is 1.82. The van der Waals surface area contributed by atoms with Gasteiger partial charge in [-0.3, -0.25) is 0 Å². The maximum Gasteiger partial charge on any atom is 0.161 e. The summed E-state index contributed by atoms with van der Waals surface area (Å²) in [5.41, 5.74) is 0.848. The fourth-order valence-electron chi connectivity index (χ4n) is 1.09. The van der Waals surface area contributed by atoms with Crippen LogP contribution in [0.15, 0.2) is 16.6 Å². The van der Waals surface area contributed by atoms with Gasteiger partial charge in [-0.2, -0.15) is 12.6 Å². The fraction of sp³-hybridized carbons (Fsp3) is 0.333. The van der Waals surface area contributed by atoms with E-state index in [-0.39, 0.29) is 5.75 Å². The summed E-state index contributed by atoms with van der Waals surface area (Å²) in [6, 6.07) is 3.60. The largest absolute Gasteiger partial charge is 0.504 e. The summed E-state index contributed by atoms with van der Waals surface area (Å²) in [5, 5.41) is 9.66. The highest BCUT2D eigenvalue weighted by molar-refractivity contribution is 9.10. The number of aryl methyl sites for hydroxylation is 1. The van der Waals surface area contributed by atoms with Crippen LogP contribution in [0.4, 0.5) is 0 Å². The van der Waals surface area contributed by atoms with Crippen LogP contribution in [0.2, 0.25) is 0 Å². The molecule has 0 saturated heterocycles. The van der Waals surface area contributed by atoms with E-state index in [1.165, 1.54) is 7.11 Å². The monoisotopic (exact) mass is 262 g/mol. The molecule has 1 rings (SSSR count). The summed E-state index contributed by atoms with van der Waals surface area (Å²) in [7, 11) is 1.53. The first-order valence-corrected chi connectivity index (χ1v) is 5.27. The SMILES string of the molecule is COc1cc(Br)cc(CCS)c1O. The zero-order valence-corrected chi connectivity index (χ0v) is 9.73. The Morgan fingerprint density at radius 2 is 2.23 bits per heavy atom. The number of aromatic hydroxyl groups is 1. The number of hydrogen-bond donors (Lipinski definition) is 2. The van der Waals surface area contributed by atoms with Gasteiger partial charge in [0.15, 0.2) is 11.5 Å². The zero-order valence-electron chi connectivity index (χ0n) is 7.25. The molecule has 1 N–H and O–H groups in total. The van der Waals surface area contributed by atoms with Gasteiger partial charge in [0, 0.05) is 4.47 Å². The van der Waals surface area contributed by atoms with E-state index in [1.54, 1.807) is 6.07 Å². The minimum absolute atomic E-state index is 0.208. The van der Waals surface area contributed by atoms with Crippen LogP contribution in [0, 0.1) is 0 Å². The molecular weight excluding hydrogens is 252 g/mol. The predicted octanol–water partition coefficient (Wildman–Crippen LogP) is 2.64. The third kappa shape index (κ3) is 2.54. The topological polar surface area (TPSA) is 29.5 Å². The van der Waals surface area contributed by atoms with Gasteiger partial charge in [0.05, 0.1) is 7.11 Å². The van der Waals surface area contributed by atoms with Gasteiger partial charge < -0.3 is 9.84 Å². The van der Waals surface area contributed by atoms with Crippen LogP contribution in [-0.2, 0) is 6.42 Å². The lowest BCUT2D eigenvalue weighted by molar-refractivity contribution is 0.370. The average Bonchev–Trinajstić information content (AvgIpc) is 2.11. The molecule has 0 aliphatic carbocycles. The number of thiol groups is 1. The number of halogens is 1. The van der Waals surface area contributed by atoms with E-state index in [0.717, 1.165) is 16.5 Å². The van der Waals surface area contributed by atoms with Crippen molar-refractivity contribution in [3.63, 3.8) is 0 Å². The highest BCUT2D eigenvalue weighted by Gasteiger charge is 2.08. The Balaban J connectivity index is 3.11. The Kier molecular flexibility index (Phi) is 3.93. The number of rotatable bonds is 3. The Morgan fingerprint density at radius 3 is 2.77 bits per heavy atom. The number of phenolic OH excluding ortho intramolecular Hbond substituents is 1. The molecule has 72 valence electrons. The molecule has 0 atom stereocenters. The Bertz CT molecular complexity index is 302. The summed E-state index contributed by atoms with van der Waals surface area (Å²) in [4.78, 5) is 0. The summed E-state index contributed by atoms with van der Waals surface area (Å²) < 4.78 is 5.91. The van der Waals surface area contributed by atoms with E-state index in [4.69, 9.17) is 4.74 Å². The van der Waals surface area contributed by atoms with Crippen molar-refractivity contribution in [2.45, 2.75) is 6.42 Å². The minimum Gasteiger partial charge on any atom is -0.504 e. The van der Waals surface area contributed by atoms with Gasteiger partial charge in [-0.1, -0.05) is 15.9 Å². The standard InChI is InChI=1S/C9H11BrO2S/c1-12-8-5-7(10)4-6(2-3-13)9(8)11/h4-5,11,13H,2-3H2,1H3. The van der Waals surface area contributed by atoms with E-state index in [9.17, 15) is 5.11 Å². The van der Waals surface area contributed by atoms with Crippen molar-refractivity contribution < 1.29 is 9.84 Å². The van der Waals surface area contributed by atoms with E-state index < -0.39 is 0 Å². The molecule has 0 amide bonds. The van der Waals surface area contributed by atoms with Gasteiger partial charge in [0.25, 0.3) is 0 Å². The van der Waals surface area contributed by atoms with Crippen molar-refractivity contribution in [1.82, 2.24) is 0 Å². The average molecular weight is 263 g/mol. The zero-order chi connectivity index (χ0) is 9.84. The molecule has 0 spiro atoms. The summed E-state index contributed by atoms with van der Waals surface area (Å²) in [6.45, 7) is 0. The van der Waals surface area contributed by atoms with Crippen molar-refractivity contribution in [3.05, 3.63) is 22.2 Å². The Labute approximate surface area is 91.5 Å². The first-order chi connectivity index (χ1) is 6.19. The predicted molar refractivity (Wildman–Crippen MR) is 59.9 cm³/mol. The van der Waals surface area contributed by atoms with Crippen LogP contribution >= 0.6 is 28.6 Å². The molecule has 13 heavy (non-hydrogen) atoms. The van der Waals surface area contributed by atoms with Gasteiger partial charge in [0.2, 0.25) is 0 Å². The first kappa shape index (κ1) is 10.7. The van der Waals surface area contributed by atoms with Gasteiger partial charge >= 0.3 is 0 Å². The van der Waals surface area contributed by atoms with Crippen LogP contribution in [-0.4, -0.2) is 18.0 Å². The van der Waals surface area contributed by atoms with Crippen LogP contribution < -0.4 is 4.74 Å². The first-order valence-electron chi connectivity index (χ1n) is 3.85. The second kappa shape index (κ2) is 4.77. The number of benzene rings is 1. The maximum absolute atomic E-state index is 9.66. The maximum atomic E-state index is 9.66. The lowest BCUT2D eigenvalue weighted by atomic mass is 10.1.